The average Bonchev–Trinajstić information content (AvgIpc) is 3.09. The highest BCUT2D eigenvalue weighted by Crippen LogP contribution is 2.57. The quantitative estimate of drug-likeness (QED) is 0.894. The van der Waals surface area contributed by atoms with Crippen LogP contribution in [0.1, 0.15) is 37.9 Å². The summed E-state index contributed by atoms with van der Waals surface area (Å²) in [5, 5.41) is 12.2. The highest BCUT2D eigenvalue weighted by Gasteiger charge is 2.57. The number of aromatic nitrogens is 3. The summed E-state index contributed by atoms with van der Waals surface area (Å²) in [5.41, 5.74) is 0.466. The molecule has 0 spiro atoms. The summed E-state index contributed by atoms with van der Waals surface area (Å²) in [4.78, 5) is 19.7. The van der Waals surface area contributed by atoms with E-state index in [0.717, 1.165) is 43.4 Å². The van der Waals surface area contributed by atoms with Gasteiger partial charge < -0.3 is 10.4 Å². The zero-order chi connectivity index (χ0) is 14.7. The van der Waals surface area contributed by atoms with Gasteiger partial charge >= 0.3 is 6.09 Å². The second-order valence-electron chi connectivity index (χ2n) is 6.22. The minimum Gasteiger partial charge on any atom is -0.465 e. The molecule has 21 heavy (non-hydrogen) atoms. The third kappa shape index (κ3) is 1.75. The van der Waals surface area contributed by atoms with Crippen molar-refractivity contribution in [3.05, 3.63) is 29.6 Å². The molecule has 2 aliphatic carbocycles. The van der Waals surface area contributed by atoms with Gasteiger partial charge in [0.2, 0.25) is 0 Å². The fourth-order valence-electron chi connectivity index (χ4n) is 4.20. The Hall–Kier alpha value is -1.82. The van der Waals surface area contributed by atoms with Gasteiger partial charge in [0.15, 0.2) is 5.15 Å². The van der Waals surface area contributed by atoms with E-state index in [4.69, 9.17) is 16.7 Å². The summed E-state index contributed by atoms with van der Waals surface area (Å²) in [6, 6.07) is 0. The Morgan fingerprint density at radius 3 is 2.81 bits per heavy atom. The first-order valence-electron chi connectivity index (χ1n) is 7.03. The van der Waals surface area contributed by atoms with Crippen molar-refractivity contribution >= 4 is 23.2 Å². The van der Waals surface area contributed by atoms with Crippen molar-refractivity contribution in [2.75, 3.05) is 0 Å². The molecule has 2 fully saturated rings. The summed E-state index contributed by atoms with van der Waals surface area (Å²) < 4.78 is 2.00. The van der Waals surface area contributed by atoms with Crippen LogP contribution in [0.25, 0.3) is 5.52 Å². The normalized spacial score (nSPS) is 30.9. The molecule has 2 aromatic rings. The van der Waals surface area contributed by atoms with E-state index in [0.29, 0.717) is 5.15 Å². The van der Waals surface area contributed by atoms with Gasteiger partial charge in [0.05, 0.1) is 6.20 Å². The SMILES string of the molecule is O=C(O)NC12CCC(c3ncc4c(Cl)nccn34)(CC1)C2. The van der Waals surface area contributed by atoms with Crippen LogP contribution in [-0.4, -0.2) is 31.1 Å². The topological polar surface area (TPSA) is 79.5 Å². The molecule has 0 aliphatic heterocycles. The van der Waals surface area contributed by atoms with Crippen LogP contribution in [0.3, 0.4) is 0 Å². The molecule has 2 aromatic heterocycles. The van der Waals surface area contributed by atoms with Crippen LogP contribution in [0.2, 0.25) is 5.15 Å². The molecule has 0 unspecified atom stereocenters. The van der Waals surface area contributed by atoms with E-state index in [1.54, 1.807) is 12.4 Å². The molecular formula is C14H15ClN4O2. The Balaban J connectivity index is 1.77. The van der Waals surface area contributed by atoms with Crippen molar-refractivity contribution in [3.63, 3.8) is 0 Å². The fourth-order valence-corrected chi connectivity index (χ4v) is 4.39. The van der Waals surface area contributed by atoms with Gasteiger partial charge in [-0.25, -0.2) is 14.8 Å². The second-order valence-corrected chi connectivity index (χ2v) is 6.58. The molecule has 110 valence electrons. The number of nitrogens with one attached hydrogen (secondary N) is 1. The predicted molar refractivity (Wildman–Crippen MR) is 76.7 cm³/mol. The number of halogens is 1. The lowest BCUT2D eigenvalue weighted by molar-refractivity contribution is 0.177. The summed E-state index contributed by atoms with van der Waals surface area (Å²) >= 11 is 6.11. The smallest absolute Gasteiger partial charge is 0.405 e. The van der Waals surface area contributed by atoms with Crippen LogP contribution in [-0.2, 0) is 5.41 Å². The Kier molecular flexibility index (Phi) is 2.52. The van der Waals surface area contributed by atoms with E-state index in [2.05, 4.69) is 15.3 Å². The third-order valence-corrected chi connectivity index (χ3v) is 5.39. The lowest BCUT2D eigenvalue weighted by Gasteiger charge is -2.27. The number of amides is 1. The van der Waals surface area contributed by atoms with Crippen molar-refractivity contribution in [3.8, 4) is 0 Å². The number of imidazole rings is 1. The molecule has 2 bridgehead atoms. The molecule has 0 aromatic carbocycles. The molecule has 7 heteroatoms. The van der Waals surface area contributed by atoms with Gasteiger partial charge in [-0.3, -0.25) is 4.40 Å². The molecule has 2 heterocycles. The zero-order valence-electron chi connectivity index (χ0n) is 11.3. The van der Waals surface area contributed by atoms with Gasteiger partial charge in [-0.15, -0.1) is 0 Å². The summed E-state index contributed by atoms with van der Waals surface area (Å²) in [7, 11) is 0. The lowest BCUT2D eigenvalue weighted by Crippen LogP contribution is -2.44. The monoisotopic (exact) mass is 306 g/mol. The van der Waals surface area contributed by atoms with Crippen molar-refractivity contribution in [2.24, 2.45) is 0 Å². The maximum atomic E-state index is 11.0. The fraction of sp³-hybridized carbons (Fsp3) is 0.500. The lowest BCUT2D eigenvalue weighted by atomic mass is 9.83. The Morgan fingerprint density at radius 2 is 2.10 bits per heavy atom. The molecule has 2 N–H and O–H groups in total. The average molecular weight is 307 g/mol. The van der Waals surface area contributed by atoms with Gasteiger partial charge in [-0.2, -0.15) is 0 Å². The van der Waals surface area contributed by atoms with Gasteiger partial charge in [0.1, 0.15) is 11.3 Å². The van der Waals surface area contributed by atoms with Crippen LogP contribution in [0.15, 0.2) is 18.6 Å². The standard InChI is InChI=1S/C14H15ClN4O2/c15-10-9-7-17-11(19(9)6-5-16-10)13-1-3-14(8-13,4-2-13)18-12(20)21/h5-7,18H,1-4,8H2,(H,20,21). The minimum absolute atomic E-state index is 0.0560. The zero-order valence-corrected chi connectivity index (χ0v) is 12.1. The van der Waals surface area contributed by atoms with Crippen LogP contribution in [0.4, 0.5) is 4.79 Å². The first kappa shape index (κ1) is 12.9. The number of hydrogen-bond donors (Lipinski definition) is 2. The number of nitrogens with zero attached hydrogens (tertiary/aromatic N) is 3. The van der Waals surface area contributed by atoms with Crippen molar-refractivity contribution in [1.29, 1.82) is 0 Å². The number of carboxylic acid groups (broad SMARTS) is 1. The Labute approximate surface area is 126 Å². The van der Waals surface area contributed by atoms with Gasteiger partial charge in [0, 0.05) is 23.3 Å². The van der Waals surface area contributed by atoms with E-state index < -0.39 is 6.09 Å². The molecule has 2 saturated carbocycles. The Bertz CT molecular complexity index is 734. The van der Waals surface area contributed by atoms with Crippen LogP contribution in [0.5, 0.6) is 0 Å². The second kappa shape index (κ2) is 4.10. The van der Waals surface area contributed by atoms with Gasteiger partial charge in [-0.05, 0) is 32.1 Å². The third-order valence-electron chi connectivity index (χ3n) is 5.10. The van der Waals surface area contributed by atoms with Gasteiger partial charge in [-0.1, -0.05) is 11.6 Å². The summed E-state index contributed by atoms with van der Waals surface area (Å²) in [6.45, 7) is 0. The van der Waals surface area contributed by atoms with Crippen molar-refractivity contribution in [2.45, 2.75) is 43.1 Å². The maximum Gasteiger partial charge on any atom is 0.405 e. The number of fused-ring (bicyclic) bond motifs is 3. The van der Waals surface area contributed by atoms with E-state index in [1.807, 2.05) is 10.6 Å². The molecule has 1 amide bonds. The summed E-state index contributed by atoms with van der Waals surface area (Å²) in [6.07, 6.45) is 8.81. The van der Waals surface area contributed by atoms with Crippen LogP contribution >= 0.6 is 11.6 Å². The molecule has 0 saturated heterocycles. The molecule has 4 rings (SSSR count). The van der Waals surface area contributed by atoms with Crippen LogP contribution in [0, 0.1) is 0 Å². The molecular weight excluding hydrogens is 292 g/mol. The van der Waals surface area contributed by atoms with Gasteiger partial charge in [0.25, 0.3) is 0 Å². The molecule has 6 nitrogen and oxygen atoms in total. The maximum absolute atomic E-state index is 11.0. The predicted octanol–water partition coefficient (Wildman–Crippen LogP) is 2.60. The van der Waals surface area contributed by atoms with Crippen molar-refractivity contribution in [1.82, 2.24) is 19.7 Å². The largest absolute Gasteiger partial charge is 0.465 e. The highest BCUT2D eigenvalue weighted by atomic mass is 35.5. The van der Waals surface area contributed by atoms with Crippen LogP contribution < -0.4 is 5.32 Å². The first-order valence-corrected chi connectivity index (χ1v) is 7.41. The van der Waals surface area contributed by atoms with E-state index in [-0.39, 0.29) is 11.0 Å². The number of carbonyl (C=O) groups is 1. The molecule has 2 aliphatic rings. The van der Waals surface area contributed by atoms with E-state index in [9.17, 15) is 4.79 Å². The highest BCUT2D eigenvalue weighted by molar-refractivity contribution is 6.32. The Morgan fingerprint density at radius 1 is 1.33 bits per heavy atom. The summed E-state index contributed by atoms with van der Waals surface area (Å²) in [5.74, 6) is 0.980. The minimum atomic E-state index is -0.937. The van der Waals surface area contributed by atoms with E-state index in [1.165, 1.54) is 0 Å². The number of rotatable bonds is 2. The molecule has 0 atom stereocenters. The molecule has 0 radical (unpaired) electrons. The first-order chi connectivity index (χ1) is 10.0. The van der Waals surface area contributed by atoms with Crippen molar-refractivity contribution < 1.29 is 9.90 Å². The number of hydrogen-bond acceptors (Lipinski definition) is 3. The van der Waals surface area contributed by atoms with E-state index >= 15 is 0 Å².